The highest BCUT2D eigenvalue weighted by Crippen LogP contribution is 2.15. The summed E-state index contributed by atoms with van der Waals surface area (Å²) >= 11 is 0. The van der Waals surface area contributed by atoms with E-state index >= 15 is 0 Å². The van der Waals surface area contributed by atoms with Gasteiger partial charge in [0.1, 0.15) is 0 Å². The lowest BCUT2D eigenvalue weighted by Crippen LogP contribution is -2.26. The monoisotopic (exact) mass is 296 g/mol. The van der Waals surface area contributed by atoms with E-state index in [1.54, 1.807) is 36.2 Å². The van der Waals surface area contributed by atoms with Crippen LogP contribution in [0.25, 0.3) is 0 Å². The summed E-state index contributed by atoms with van der Waals surface area (Å²) in [6.45, 7) is 2.65. The van der Waals surface area contributed by atoms with E-state index in [0.29, 0.717) is 17.7 Å². The molecule has 22 heavy (non-hydrogen) atoms. The van der Waals surface area contributed by atoms with Gasteiger partial charge in [0, 0.05) is 30.4 Å². The Morgan fingerprint density at radius 3 is 2.14 bits per heavy atom. The molecule has 0 heterocycles. The first-order valence-corrected chi connectivity index (χ1v) is 7.35. The number of para-hydroxylation sites is 1. The predicted molar refractivity (Wildman–Crippen MR) is 88.2 cm³/mol. The molecule has 0 saturated heterocycles. The predicted octanol–water partition coefficient (Wildman–Crippen LogP) is 3.10. The Morgan fingerprint density at radius 2 is 1.55 bits per heavy atom. The van der Waals surface area contributed by atoms with Gasteiger partial charge in [-0.05, 0) is 42.8 Å². The molecule has 0 aliphatic carbocycles. The van der Waals surface area contributed by atoms with Crippen molar-refractivity contribution in [3.05, 3.63) is 65.7 Å². The van der Waals surface area contributed by atoms with Crippen LogP contribution in [-0.2, 0) is 0 Å². The van der Waals surface area contributed by atoms with Crippen molar-refractivity contribution in [1.29, 1.82) is 0 Å². The molecular weight excluding hydrogens is 276 g/mol. The molecule has 2 amide bonds. The van der Waals surface area contributed by atoms with Crippen molar-refractivity contribution < 1.29 is 9.59 Å². The summed E-state index contributed by atoms with van der Waals surface area (Å²) in [4.78, 5) is 25.8. The van der Waals surface area contributed by atoms with Crippen molar-refractivity contribution in [1.82, 2.24) is 5.32 Å². The topological polar surface area (TPSA) is 49.4 Å². The Labute approximate surface area is 130 Å². The standard InChI is InChI=1S/C18H20N2O2/c1-3-13-19-17(21)14-9-11-15(12-10-14)18(22)20(2)16-7-5-4-6-8-16/h4-12H,3,13H2,1-2H3,(H,19,21). The van der Waals surface area contributed by atoms with E-state index in [-0.39, 0.29) is 11.8 Å². The number of rotatable bonds is 5. The number of carbonyl (C=O) groups is 2. The number of amides is 2. The molecule has 0 spiro atoms. The number of hydrogen-bond acceptors (Lipinski definition) is 2. The molecule has 2 rings (SSSR count). The van der Waals surface area contributed by atoms with Gasteiger partial charge in [0.05, 0.1) is 0 Å². The molecule has 1 N–H and O–H groups in total. The smallest absolute Gasteiger partial charge is 0.258 e. The second-order valence-electron chi connectivity index (χ2n) is 5.03. The molecule has 4 nitrogen and oxygen atoms in total. The highest BCUT2D eigenvalue weighted by molar-refractivity contribution is 6.06. The first-order valence-electron chi connectivity index (χ1n) is 7.35. The maximum atomic E-state index is 12.4. The second kappa shape index (κ2) is 7.41. The van der Waals surface area contributed by atoms with Crippen molar-refractivity contribution in [3.8, 4) is 0 Å². The average Bonchev–Trinajstić information content (AvgIpc) is 2.59. The lowest BCUT2D eigenvalue weighted by molar-refractivity contribution is 0.0950. The highest BCUT2D eigenvalue weighted by atomic mass is 16.2. The van der Waals surface area contributed by atoms with Crippen LogP contribution in [0, 0.1) is 0 Å². The van der Waals surface area contributed by atoms with Gasteiger partial charge in [-0.3, -0.25) is 9.59 Å². The third kappa shape index (κ3) is 3.73. The van der Waals surface area contributed by atoms with Gasteiger partial charge < -0.3 is 10.2 Å². The van der Waals surface area contributed by atoms with Crippen LogP contribution >= 0.6 is 0 Å². The minimum absolute atomic E-state index is 0.105. The van der Waals surface area contributed by atoms with E-state index in [0.717, 1.165) is 12.1 Å². The van der Waals surface area contributed by atoms with Gasteiger partial charge in [0.2, 0.25) is 0 Å². The molecule has 114 valence electrons. The summed E-state index contributed by atoms with van der Waals surface area (Å²) in [6.07, 6.45) is 0.893. The van der Waals surface area contributed by atoms with E-state index in [4.69, 9.17) is 0 Å². The van der Waals surface area contributed by atoms with Crippen molar-refractivity contribution in [2.24, 2.45) is 0 Å². The molecule has 2 aromatic carbocycles. The number of benzene rings is 2. The van der Waals surface area contributed by atoms with E-state index in [1.165, 1.54) is 0 Å². The third-order valence-corrected chi connectivity index (χ3v) is 3.38. The number of carbonyl (C=O) groups excluding carboxylic acids is 2. The fraction of sp³-hybridized carbons (Fsp3) is 0.222. The van der Waals surface area contributed by atoms with E-state index in [2.05, 4.69) is 5.32 Å². The summed E-state index contributed by atoms with van der Waals surface area (Å²) in [5.74, 6) is -0.219. The molecular formula is C18H20N2O2. The van der Waals surface area contributed by atoms with Gasteiger partial charge in [0.25, 0.3) is 11.8 Å². The molecule has 0 aliphatic rings. The van der Waals surface area contributed by atoms with Crippen LogP contribution in [0.15, 0.2) is 54.6 Å². The first-order chi connectivity index (χ1) is 10.6. The van der Waals surface area contributed by atoms with Crippen molar-refractivity contribution >= 4 is 17.5 Å². The second-order valence-corrected chi connectivity index (χ2v) is 5.03. The molecule has 0 atom stereocenters. The van der Waals surface area contributed by atoms with Crippen LogP contribution in [-0.4, -0.2) is 25.4 Å². The first kappa shape index (κ1) is 15.8. The molecule has 0 aromatic heterocycles. The van der Waals surface area contributed by atoms with Crippen molar-refractivity contribution in [2.45, 2.75) is 13.3 Å². The minimum Gasteiger partial charge on any atom is -0.352 e. The number of anilines is 1. The Bertz CT molecular complexity index is 636. The zero-order valence-electron chi connectivity index (χ0n) is 12.9. The van der Waals surface area contributed by atoms with Crippen LogP contribution in [0.2, 0.25) is 0 Å². The van der Waals surface area contributed by atoms with Crippen molar-refractivity contribution in [2.75, 3.05) is 18.5 Å². The molecule has 4 heteroatoms. The normalized spacial score (nSPS) is 10.1. The van der Waals surface area contributed by atoms with Crippen LogP contribution in [0.1, 0.15) is 34.1 Å². The average molecular weight is 296 g/mol. The Hall–Kier alpha value is -2.62. The fourth-order valence-corrected chi connectivity index (χ4v) is 2.07. The summed E-state index contributed by atoms with van der Waals surface area (Å²) < 4.78 is 0. The summed E-state index contributed by atoms with van der Waals surface area (Å²) in [5.41, 5.74) is 1.95. The zero-order valence-corrected chi connectivity index (χ0v) is 12.9. The van der Waals surface area contributed by atoms with Crippen LogP contribution < -0.4 is 10.2 Å². The molecule has 0 bridgehead atoms. The molecule has 0 aliphatic heterocycles. The Balaban J connectivity index is 2.10. The summed E-state index contributed by atoms with van der Waals surface area (Å²) in [7, 11) is 1.74. The quantitative estimate of drug-likeness (QED) is 0.921. The highest BCUT2D eigenvalue weighted by Gasteiger charge is 2.14. The Morgan fingerprint density at radius 1 is 0.955 bits per heavy atom. The molecule has 0 saturated carbocycles. The lowest BCUT2D eigenvalue weighted by atomic mass is 10.1. The maximum absolute atomic E-state index is 12.4. The van der Waals surface area contributed by atoms with Crippen LogP contribution in [0.4, 0.5) is 5.69 Å². The number of nitrogens with zero attached hydrogens (tertiary/aromatic N) is 1. The zero-order chi connectivity index (χ0) is 15.9. The van der Waals surface area contributed by atoms with Gasteiger partial charge in [-0.15, -0.1) is 0 Å². The SMILES string of the molecule is CCCNC(=O)c1ccc(C(=O)N(C)c2ccccc2)cc1. The van der Waals surface area contributed by atoms with Crippen LogP contribution in [0.3, 0.4) is 0 Å². The molecule has 0 radical (unpaired) electrons. The number of hydrogen-bond donors (Lipinski definition) is 1. The third-order valence-electron chi connectivity index (χ3n) is 3.38. The Kier molecular flexibility index (Phi) is 5.31. The van der Waals surface area contributed by atoms with Crippen LogP contribution in [0.5, 0.6) is 0 Å². The summed E-state index contributed by atoms with van der Waals surface area (Å²) in [5, 5.41) is 2.81. The largest absolute Gasteiger partial charge is 0.352 e. The minimum atomic E-state index is -0.114. The van der Waals surface area contributed by atoms with Gasteiger partial charge in [-0.25, -0.2) is 0 Å². The summed E-state index contributed by atoms with van der Waals surface area (Å²) in [6, 6.07) is 16.2. The lowest BCUT2D eigenvalue weighted by Gasteiger charge is -2.17. The van der Waals surface area contributed by atoms with Gasteiger partial charge in [-0.1, -0.05) is 25.1 Å². The van der Waals surface area contributed by atoms with Gasteiger partial charge in [-0.2, -0.15) is 0 Å². The molecule has 0 unspecified atom stereocenters. The van der Waals surface area contributed by atoms with Crippen molar-refractivity contribution in [3.63, 3.8) is 0 Å². The van der Waals surface area contributed by atoms with Gasteiger partial charge in [0.15, 0.2) is 0 Å². The van der Waals surface area contributed by atoms with E-state index < -0.39 is 0 Å². The molecule has 2 aromatic rings. The van der Waals surface area contributed by atoms with Gasteiger partial charge >= 0.3 is 0 Å². The fourth-order valence-electron chi connectivity index (χ4n) is 2.07. The number of nitrogens with one attached hydrogen (secondary N) is 1. The van der Waals surface area contributed by atoms with E-state index in [1.807, 2.05) is 37.3 Å². The van der Waals surface area contributed by atoms with E-state index in [9.17, 15) is 9.59 Å². The maximum Gasteiger partial charge on any atom is 0.258 e. The molecule has 0 fully saturated rings.